The van der Waals surface area contributed by atoms with Gasteiger partial charge in [-0.2, -0.15) is 0 Å². The van der Waals surface area contributed by atoms with Gasteiger partial charge < -0.3 is 15.3 Å². The Bertz CT molecular complexity index is 386. The molecule has 0 aliphatic carbocycles. The van der Waals surface area contributed by atoms with E-state index in [0.29, 0.717) is 12.2 Å². The van der Waals surface area contributed by atoms with Gasteiger partial charge in [-0.3, -0.25) is 9.59 Å². The van der Waals surface area contributed by atoms with Crippen LogP contribution in [0.25, 0.3) is 0 Å². The van der Waals surface area contributed by atoms with E-state index < -0.39 is 11.6 Å². The highest BCUT2D eigenvalue weighted by molar-refractivity contribution is 8.01. The summed E-state index contributed by atoms with van der Waals surface area (Å²) in [5.41, 5.74) is -0.649. The van der Waals surface area contributed by atoms with Crippen LogP contribution in [0, 0.1) is 0 Å². The molecule has 2 saturated heterocycles. The average Bonchev–Trinajstić information content (AvgIpc) is 2.76. The number of carbonyl (C=O) groups is 2. The lowest BCUT2D eigenvalue weighted by molar-refractivity contribution is -0.138. The second-order valence-corrected chi connectivity index (χ2v) is 7.30. The normalized spacial score (nSPS) is 31.7. The molecule has 0 aromatic carbocycles. The summed E-state index contributed by atoms with van der Waals surface area (Å²) in [5, 5.41) is 12.0. The second kappa shape index (κ2) is 4.42. The zero-order chi connectivity index (χ0) is 13.6. The van der Waals surface area contributed by atoms with E-state index in [-0.39, 0.29) is 23.3 Å². The van der Waals surface area contributed by atoms with Gasteiger partial charge in [0.1, 0.15) is 6.04 Å². The van der Waals surface area contributed by atoms with Crippen LogP contribution in [-0.2, 0) is 9.59 Å². The Hall–Kier alpha value is -0.750. The summed E-state index contributed by atoms with van der Waals surface area (Å²) < 4.78 is 0. The summed E-state index contributed by atoms with van der Waals surface area (Å²) in [6.07, 6.45) is 1.33. The molecular formula is C12H20N2O3S. The fraction of sp³-hybridized carbons (Fsp3) is 0.833. The lowest BCUT2D eigenvalue weighted by Gasteiger charge is -2.32. The van der Waals surface area contributed by atoms with Crippen molar-refractivity contribution in [1.29, 1.82) is 0 Å². The van der Waals surface area contributed by atoms with E-state index in [9.17, 15) is 14.7 Å². The molecule has 18 heavy (non-hydrogen) atoms. The SMILES string of the molecule is CC(C)(CO)NC(=O)C1CSC2(C)CCC(=O)N12. The van der Waals surface area contributed by atoms with Gasteiger partial charge in [0, 0.05) is 12.2 Å². The van der Waals surface area contributed by atoms with Gasteiger partial charge in [0.25, 0.3) is 0 Å². The fourth-order valence-corrected chi connectivity index (χ4v) is 3.90. The summed E-state index contributed by atoms with van der Waals surface area (Å²) in [6.45, 7) is 5.42. The molecule has 2 rings (SSSR count). The molecule has 0 aromatic heterocycles. The molecule has 0 aromatic rings. The Labute approximate surface area is 111 Å². The lowest BCUT2D eigenvalue weighted by Crippen LogP contribution is -2.56. The Morgan fingerprint density at radius 1 is 1.67 bits per heavy atom. The van der Waals surface area contributed by atoms with Crippen LogP contribution in [0.4, 0.5) is 0 Å². The number of fused-ring (bicyclic) bond motifs is 1. The number of carbonyl (C=O) groups excluding carboxylic acids is 2. The molecule has 2 heterocycles. The average molecular weight is 272 g/mol. The van der Waals surface area contributed by atoms with E-state index in [1.807, 2.05) is 6.92 Å². The van der Waals surface area contributed by atoms with Crippen molar-refractivity contribution >= 4 is 23.6 Å². The molecule has 0 bridgehead atoms. The fourth-order valence-electron chi connectivity index (χ4n) is 2.47. The van der Waals surface area contributed by atoms with E-state index in [2.05, 4.69) is 5.32 Å². The monoisotopic (exact) mass is 272 g/mol. The zero-order valence-electron chi connectivity index (χ0n) is 11.0. The molecule has 0 spiro atoms. The molecule has 2 N–H and O–H groups in total. The van der Waals surface area contributed by atoms with Crippen LogP contribution < -0.4 is 5.32 Å². The van der Waals surface area contributed by atoms with E-state index in [1.165, 1.54) is 0 Å². The van der Waals surface area contributed by atoms with E-state index in [0.717, 1.165) is 6.42 Å². The Morgan fingerprint density at radius 2 is 2.33 bits per heavy atom. The number of nitrogens with zero attached hydrogens (tertiary/aromatic N) is 1. The maximum Gasteiger partial charge on any atom is 0.244 e. The number of hydrogen-bond acceptors (Lipinski definition) is 4. The Balaban J connectivity index is 2.11. The number of rotatable bonds is 3. The number of nitrogens with one attached hydrogen (secondary N) is 1. The number of aliphatic hydroxyl groups is 1. The van der Waals surface area contributed by atoms with Crippen LogP contribution in [0.5, 0.6) is 0 Å². The standard InChI is InChI=1S/C12H20N2O3S/c1-11(2,7-15)13-10(17)8-6-18-12(3)5-4-9(16)14(8)12/h8,15H,4-7H2,1-3H3,(H,13,17). The largest absolute Gasteiger partial charge is 0.394 e. The highest BCUT2D eigenvalue weighted by Crippen LogP contribution is 2.47. The highest BCUT2D eigenvalue weighted by Gasteiger charge is 2.53. The first-order valence-corrected chi connectivity index (χ1v) is 7.17. The lowest BCUT2D eigenvalue weighted by atomic mass is 10.1. The third kappa shape index (κ3) is 2.23. The predicted octanol–water partition coefficient (Wildman–Crippen LogP) is 0.327. The van der Waals surface area contributed by atoms with Gasteiger partial charge in [0.05, 0.1) is 17.0 Å². The minimum Gasteiger partial charge on any atom is -0.394 e. The van der Waals surface area contributed by atoms with Crippen molar-refractivity contribution in [2.24, 2.45) is 0 Å². The number of thioether (sulfide) groups is 1. The smallest absolute Gasteiger partial charge is 0.244 e. The number of aliphatic hydroxyl groups excluding tert-OH is 1. The summed E-state index contributed by atoms with van der Waals surface area (Å²) in [6, 6.07) is -0.402. The van der Waals surface area contributed by atoms with E-state index in [4.69, 9.17) is 0 Å². The first kappa shape index (κ1) is 13.7. The maximum absolute atomic E-state index is 12.2. The minimum atomic E-state index is -0.649. The Morgan fingerprint density at radius 3 is 2.94 bits per heavy atom. The van der Waals surface area contributed by atoms with Crippen LogP contribution in [-0.4, -0.2) is 50.6 Å². The topological polar surface area (TPSA) is 69.6 Å². The van der Waals surface area contributed by atoms with Crippen molar-refractivity contribution in [3.05, 3.63) is 0 Å². The van der Waals surface area contributed by atoms with Crippen LogP contribution in [0.2, 0.25) is 0 Å². The van der Waals surface area contributed by atoms with E-state index >= 15 is 0 Å². The van der Waals surface area contributed by atoms with Gasteiger partial charge in [0.15, 0.2) is 0 Å². The number of hydrogen-bond donors (Lipinski definition) is 2. The third-order valence-electron chi connectivity index (χ3n) is 3.60. The summed E-state index contributed by atoms with van der Waals surface area (Å²) in [4.78, 5) is 25.6. The summed E-state index contributed by atoms with van der Waals surface area (Å²) in [7, 11) is 0. The van der Waals surface area contributed by atoms with Crippen molar-refractivity contribution in [3.8, 4) is 0 Å². The van der Waals surface area contributed by atoms with Gasteiger partial charge in [0.2, 0.25) is 11.8 Å². The van der Waals surface area contributed by atoms with Crippen LogP contribution in [0.3, 0.4) is 0 Å². The molecule has 6 heteroatoms. The van der Waals surface area contributed by atoms with Crippen molar-refractivity contribution in [2.75, 3.05) is 12.4 Å². The molecule has 2 unspecified atom stereocenters. The van der Waals surface area contributed by atoms with Gasteiger partial charge in [-0.1, -0.05) is 0 Å². The van der Waals surface area contributed by atoms with E-state index in [1.54, 1.807) is 30.5 Å². The highest BCUT2D eigenvalue weighted by atomic mass is 32.2. The minimum absolute atomic E-state index is 0.0597. The van der Waals surface area contributed by atoms with Crippen LogP contribution in [0.1, 0.15) is 33.6 Å². The first-order valence-electron chi connectivity index (χ1n) is 6.18. The van der Waals surface area contributed by atoms with Crippen LogP contribution in [0.15, 0.2) is 0 Å². The first-order chi connectivity index (χ1) is 8.29. The predicted molar refractivity (Wildman–Crippen MR) is 70.0 cm³/mol. The van der Waals surface area contributed by atoms with Gasteiger partial charge >= 0.3 is 0 Å². The maximum atomic E-state index is 12.2. The van der Waals surface area contributed by atoms with Gasteiger partial charge in [-0.15, -0.1) is 11.8 Å². The Kier molecular flexibility index (Phi) is 3.36. The van der Waals surface area contributed by atoms with Crippen LogP contribution >= 0.6 is 11.8 Å². The molecular weight excluding hydrogens is 252 g/mol. The number of amides is 2. The molecule has 0 saturated carbocycles. The molecule has 2 atom stereocenters. The van der Waals surface area contributed by atoms with Crippen molar-refractivity contribution in [3.63, 3.8) is 0 Å². The summed E-state index contributed by atoms with van der Waals surface area (Å²) in [5.74, 6) is 0.528. The molecule has 102 valence electrons. The quantitative estimate of drug-likeness (QED) is 0.777. The van der Waals surface area contributed by atoms with Crippen molar-refractivity contribution in [1.82, 2.24) is 10.2 Å². The van der Waals surface area contributed by atoms with Gasteiger partial charge in [-0.05, 0) is 27.2 Å². The van der Waals surface area contributed by atoms with Gasteiger partial charge in [-0.25, -0.2) is 0 Å². The molecule has 2 aliphatic rings. The third-order valence-corrected chi connectivity index (χ3v) is 5.11. The second-order valence-electron chi connectivity index (χ2n) is 5.80. The molecule has 2 amide bonds. The molecule has 2 aliphatic heterocycles. The zero-order valence-corrected chi connectivity index (χ0v) is 11.8. The molecule has 5 nitrogen and oxygen atoms in total. The molecule has 0 radical (unpaired) electrons. The van der Waals surface area contributed by atoms with Crippen molar-refractivity contribution in [2.45, 2.75) is 50.1 Å². The van der Waals surface area contributed by atoms with Crippen molar-refractivity contribution < 1.29 is 14.7 Å². The summed E-state index contributed by atoms with van der Waals surface area (Å²) >= 11 is 1.67. The molecule has 2 fully saturated rings.